The Bertz CT molecular complexity index is 167. The van der Waals surface area contributed by atoms with Crippen LogP contribution in [0.2, 0.25) is 0 Å². The van der Waals surface area contributed by atoms with E-state index in [0.717, 1.165) is 0 Å². The summed E-state index contributed by atoms with van der Waals surface area (Å²) >= 11 is 5.77. The molecule has 0 N–H and O–H groups in total. The van der Waals surface area contributed by atoms with E-state index in [4.69, 9.17) is 16.3 Å². The monoisotopic (exact) mass is 162 g/mol. The van der Waals surface area contributed by atoms with Crippen LogP contribution in [0, 0.1) is 5.92 Å². The molecule has 0 aliphatic carbocycles. The molecule has 1 heterocycles. The normalized spacial score (nSPS) is 38.3. The molecule has 0 amide bonds. The average Bonchev–Trinajstić information content (AvgIpc) is 2.41. The minimum atomic E-state index is -0.978. The molecule has 0 aromatic carbocycles. The molecular weight excluding hydrogens is 152 g/mol. The number of alkyl halides is 1. The van der Waals surface area contributed by atoms with Gasteiger partial charge in [-0.3, -0.25) is 4.79 Å². The molecule has 2 atom stereocenters. The zero-order chi connectivity index (χ0) is 7.94. The molecule has 1 rings (SSSR count). The second kappa shape index (κ2) is 2.21. The summed E-state index contributed by atoms with van der Waals surface area (Å²) < 4.78 is 4.94. The highest BCUT2D eigenvalue weighted by Gasteiger charge is 2.58. The third-order valence-corrected chi connectivity index (χ3v) is 2.26. The molecule has 10 heavy (non-hydrogen) atoms. The summed E-state index contributed by atoms with van der Waals surface area (Å²) in [4.78, 5) is 11.2. The van der Waals surface area contributed by atoms with Crippen molar-refractivity contribution in [3.63, 3.8) is 0 Å². The fraction of sp³-hybridized carbons (Fsp3) is 0.857. The summed E-state index contributed by atoms with van der Waals surface area (Å²) in [6, 6.07) is 0. The van der Waals surface area contributed by atoms with Crippen molar-refractivity contribution in [2.75, 3.05) is 0 Å². The van der Waals surface area contributed by atoms with Gasteiger partial charge in [-0.1, -0.05) is 25.4 Å². The molecule has 0 aromatic rings. The Kier molecular flexibility index (Phi) is 1.77. The number of hydrogen-bond acceptors (Lipinski definition) is 2. The van der Waals surface area contributed by atoms with Crippen molar-refractivity contribution in [1.29, 1.82) is 0 Å². The van der Waals surface area contributed by atoms with Crippen LogP contribution in [-0.2, 0) is 9.53 Å². The Labute approximate surface area is 65.5 Å². The number of ether oxygens (including phenoxy) is 1. The minimum absolute atomic E-state index is 0.0123. The molecule has 0 bridgehead atoms. The number of Topliss-reactive ketones (excluding diaryl/α,β-unsaturated/α-hetero) is 1. The van der Waals surface area contributed by atoms with Crippen molar-refractivity contribution in [1.82, 2.24) is 0 Å². The van der Waals surface area contributed by atoms with E-state index in [1.165, 1.54) is 0 Å². The van der Waals surface area contributed by atoms with Gasteiger partial charge in [0.2, 0.25) is 5.06 Å². The maximum Gasteiger partial charge on any atom is 0.226 e. The molecule has 0 spiro atoms. The van der Waals surface area contributed by atoms with Crippen LogP contribution >= 0.6 is 11.6 Å². The van der Waals surface area contributed by atoms with Crippen LogP contribution in [0.5, 0.6) is 0 Å². The first kappa shape index (κ1) is 8.02. The predicted molar refractivity (Wildman–Crippen MR) is 39.0 cm³/mol. The molecule has 1 aliphatic heterocycles. The van der Waals surface area contributed by atoms with Crippen LogP contribution in [0.4, 0.5) is 0 Å². The van der Waals surface area contributed by atoms with Crippen molar-refractivity contribution < 1.29 is 9.53 Å². The molecule has 1 saturated heterocycles. The van der Waals surface area contributed by atoms with E-state index in [1.54, 1.807) is 6.92 Å². The minimum Gasteiger partial charge on any atom is -0.343 e. The highest BCUT2D eigenvalue weighted by atomic mass is 35.5. The first-order chi connectivity index (χ1) is 4.48. The van der Waals surface area contributed by atoms with Gasteiger partial charge in [0.05, 0.1) is 0 Å². The summed E-state index contributed by atoms with van der Waals surface area (Å²) in [5.74, 6) is -0.0517. The van der Waals surface area contributed by atoms with Gasteiger partial charge < -0.3 is 4.74 Å². The van der Waals surface area contributed by atoms with Gasteiger partial charge >= 0.3 is 0 Å². The molecule has 0 saturated carbocycles. The Morgan fingerprint density at radius 2 is 2.10 bits per heavy atom. The zero-order valence-electron chi connectivity index (χ0n) is 6.35. The van der Waals surface area contributed by atoms with Crippen LogP contribution in [0.25, 0.3) is 0 Å². The van der Waals surface area contributed by atoms with Gasteiger partial charge in [-0.2, -0.15) is 0 Å². The van der Waals surface area contributed by atoms with E-state index in [-0.39, 0.29) is 17.8 Å². The van der Waals surface area contributed by atoms with Gasteiger partial charge in [0, 0.05) is 5.92 Å². The molecular formula is C7H11ClO2. The van der Waals surface area contributed by atoms with Crippen molar-refractivity contribution >= 4 is 17.4 Å². The van der Waals surface area contributed by atoms with Gasteiger partial charge in [0.15, 0.2) is 5.78 Å². The largest absolute Gasteiger partial charge is 0.343 e. The lowest BCUT2D eigenvalue weighted by Gasteiger charge is -2.04. The standard InChI is InChI=1S/C7H11ClO2/c1-4(2)6(9)7(8)5(3)10-7/h4-5H,1-3H3/t5-,7+/m1/s1. The molecule has 0 unspecified atom stereocenters. The van der Waals surface area contributed by atoms with Crippen molar-refractivity contribution in [2.45, 2.75) is 31.9 Å². The van der Waals surface area contributed by atoms with Gasteiger partial charge in [-0.05, 0) is 6.92 Å². The maximum absolute atomic E-state index is 11.2. The fourth-order valence-electron chi connectivity index (χ4n) is 0.875. The van der Waals surface area contributed by atoms with Crippen LogP contribution in [0.1, 0.15) is 20.8 Å². The van der Waals surface area contributed by atoms with Crippen LogP contribution in [0.15, 0.2) is 0 Å². The Balaban J connectivity index is 2.59. The van der Waals surface area contributed by atoms with E-state index in [1.807, 2.05) is 13.8 Å². The molecule has 1 fully saturated rings. The highest BCUT2D eigenvalue weighted by Crippen LogP contribution is 2.42. The molecule has 2 nitrogen and oxygen atoms in total. The van der Waals surface area contributed by atoms with Gasteiger partial charge in [-0.15, -0.1) is 0 Å². The number of rotatable bonds is 2. The zero-order valence-corrected chi connectivity index (χ0v) is 7.11. The predicted octanol–water partition coefficient (Wildman–Crippen LogP) is 1.57. The average molecular weight is 163 g/mol. The van der Waals surface area contributed by atoms with E-state index in [9.17, 15) is 4.79 Å². The first-order valence-electron chi connectivity index (χ1n) is 3.39. The Morgan fingerprint density at radius 3 is 2.20 bits per heavy atom. The Hall–Kier alpha value is -0.0800. The summed E-state index contributed by atoms with van der Waals surface area (Å²) in [7, 11) is 0. The topological polar surface area (TPSA) is 29.6 Å². The number of epoxide rings is 1. The Morgan fingerprint density at radius 1 is 1.70 bits per heavy atom. The maximum atomic E-state index is 11.2. The number of carbonyl (C=O) groups excluding carboxylic acids is 1. The number of ketones is 1. The van der Waals surface area contributed by atoms with E-state index in [2.05, 4.69) is 0 Å². The molecule has 58 valence electrons. The van der Waals surface area contributed by atoms with Crippen LogP contribution < -0.4 is 0 Å². The summed E-state index contributed by atoms with van der Waals surface area (Å²) in [6.45, 7) is 5.44. The number of carbonyl (C=O) groups is 1. The SMILES string of the molecule is CC(C)C(=O)[C@@]1(Cl)O[C@@H]1C. The van der Waals surface area contributed by atoms with Gasteiger partial charge in [0.1, 0.15) is 6.10 Å². The number of hydrogen-bond donors (Lipinski definition) is 0. The third kappa shape index (κ3) is 1.06. The van der Waals surface area contributed by atoms with E-state index >= 15 is 0 Å². The second-order valence-electron chi connectivity index (χ2n) is 2.92. The quantitative estimate of drug-likeness (QED) is 0.456. The van der Waals surface area contributed by atoms with Crippen molar-refractivity contribution in [3.05, 3.63) is 0 Å². The van der Waals surface area contributed by atoms with E-state index < -0.39 is 5.06 Å². The smallest absolute Gasteiger partial charge is 0.226 e. The van der Waals surface area contributed by atoms with Gasteiger partial charge in [-0.25, -0.2) is 0 Å². The lowest BCUT2D eigenvalue weighted by Crippen LogP contribution is -2.24. The summed E-state index contributed by atoms with van der Waals surface area (Å²) in [5.41, 5.74) is 0. The molecule has 3 heteroatoms. The lowest BCUT2D eigenvalue weighted by atomic mass is 10.0. The van der Waals surface area contributed by atoms with Gasteiger partial charge in [0.25, 0.3) is 0 Å². The van der Waals surface area contributed by atoms with Crippen molar-refractivity contribution in [2.24, 2.45) is 5.92 Å². The van der Waals surface area contributed by atoms with Crippen LogP contribution in [-0.4, -0.2) is 16.9 Å². The first-order valence-corrected chi connectivity index (χ1v) is 3.77. The fourth-order valence-corrected chi connectivity index (χ4v) is 1.23. The third-order valence-electron chi connectivity index (χ3n) is 1.67. The second-order valence-corrected chi connectivity index (χ2v) is 3.49. The summed E-state index contributed by atoms with van der Waals surface area (Å²) in [5, 5.41) is -0.978. The van der Waals surface area contributed by atoms with Crippen LogP contribution in [0.3, 0.4) is 0 Å². The summed E-state index contributed by atoms with van der Waals surface area (Å²) in [6.07, 6.45) is -0.107. The molecule has 0 radical (unpaired) electrons. The number of halogens is 1. The molecule has 0 aromatic heterocycles. The van der Waals surface area contributed by atoms with Crippen molar-refractivity contribution in [3.8, 4) is 0 Å². The lowest BCUT2D eigenvalue weighted by molar-refractivity contribution is -0.124. The highest BCUT2D eigenvalue weighted by molar-refractivity contribution is 6.36. The molecule has 1 aliphatic rings. The van der Waals surface area contributed by atoms with E-state index in [0.29, 0.717) is 0 Å².